The minimum absolute atomic E-state index is 0.0301. The maximum Gasteiger partial charge on any atom is 0.330 e. The van der Waals surface area contributed by atoms with Crippen molar-refractivity contribution in [1.82, 2.24) is 0 Å². The molecule has 1 aromatic rings. The molecule has 5 heteroatoms. The summed E-state index contributed by atoms with van der Waals surface area (Å²) in [7, 11) is 0. The zero-order chi connectivity index (χ0) is 11.3. The molecule has 0 radical (unpaired) electrons. The third-order valence-corrected chi connectivity index (χ3v) is 3.65. The Hall–Kier alpha value is -1.12. The van der Waals surface area contributed by atoms with Crippen molar-refractivity contribution in [3.05, 3.63) is 29.3 Å². The van der Waals surface area contributed by atoms with E-state index in [0.717, 1.165) is 6.92 Å². The fourth-order valence-corrected chi connectivity index (χ4v) is 2.73. The average Bonchev–Trinajstić information content (AvgIpc) is 2.33. The predicted octanol–water partition coefficient (Wildman–Crippen LogP) is 2.46. The van der Waals surface area contributed by atoms with Crippen LogP contribution in [0.4, 0.5) is 8.78 Å². The number of nitrogens with zero attached hydrogens (tertiary/aromatic N) is 1. The fraction of sp³-hybridized carbons (Fsp3) is 0.300. The van der Waals surface area contributed by atoms with Gasteiger partial charge in [0.2, 0.25) is 0 Å². The number of alkyl halides is 2. The molecule has 1 aliphatic heterocycles. The Morgan fingerprint density at radius 1 is 1.47 bits per heavy atom. The van der Waals surface area contributed by atoms with Gasteiger partial charge in [0.25, 0.3) is 0 Å². The number of aliphatic hydroxyl groups is 1. The molecular formula is C10H7F2NOS. The highest BCUT2D eigenvalue weighted by Crippen LogP contribution is 2.57. The summed E-state index contributed by atoms with van der Waals surface area (Å²) < 4.78 is 26.9. The van der Waals surface area contributed by atoms with Crippen LogP contribution in [-0.4, -0.2) is 10.4 Å². The largest absolute Gasteiger partial charge is 0.378 e. The molecule has 1 aromatic carbocycles. The Morgan fingerprint density at radius 2 is 2.13 bits per heavy atom. The molecule has 0 bridgehead atoms. The van der Waals surface area contributed by atoms with E-state index in [4.69, 9.17) is 5.26 Å². The van der Waals surface area contributed by atoms with E-state index in [1.807, 2.05) is 6.07 Å². The summed E-state index contributed by atoms with van der Waals surface area (Å²) in [6.45, 7) is 1.03. The standard InChI is InChI=1S/C10H7F2NOS/c1-9(14)8-6(5-13)3-2-4-7(8)15-10(9,11)12/h2-4,14H,1H3. The van der Waals surface area contributed by atoms with Crippen LogP contribution in [0.2, 0.25) is 0 Å². The highest BCUT2D eigenvalue weighted by molar-refractivity contribution is 8.00. The highest BCUT2D eigenvalue weighted by atomic mass is 32.2. The van der Waals surface area contributed by atoms with E-state index in [9.17, 15) is 13.9 Å². The number of halogens is 2. The zero-order valence-electron chi connectivity index (χ0n) is 7.79. The molecule has 0 saturated carbocycles. The molecule has 1 unspecified atom stereocenters. The minimum atomic E-state index is -3.29. The van der Waals surface area contributed by atoms with Gasteiger partial charge in [0.05, 0.1) is 11.6 Å². The molecule has 0 spiro atoms. The summed E-state index contributed by atoms with van der Waals surface area (Å²) in [5, 5.41) is 15.3. The average molecular weight is 227 g/mol. The number of fused-ring (bicyclic) bond motifs is 1. The van der Waals surface area contributed by atoms with Gasteiger partial charge in [-0.05, 0) is 30.8 Å². The quantitative estimate of drug-likeness (QED) is 0.740. The molecule has 2 nitrogen and oxygen atoms in total. The first-order valence-corrected chi connectivity index (χ1v) is 5.04. The van der Waals surface area contributed by atoms with Gasteiger partial charge >= 0.3 is 5.25 Å². The van der Waals surface area contributed by atoms with Crippen LogP contribution in [0.5, 0.6) is 0 Å². The van der Waals surface area contributed by atoms with Crippen molar-refractivity contribution < 1.29 is 13.9 Å². The lowest BCUT2D eigenvalue weighted by Gasteiger charge is -2.25. The summed E-state index contributed by atoms with van der Waals surface area (Å²) in [6.07, 6.45) is 0. The van der Waals surface area contributed by atoms with Crippen molar-refractivity contribution in [3.63, 3.8) is 0 Å². The first-order valence-electron chi connectivity index (χ1n) is 4.23. The molecule has 0 aliphatic carbocycles. The van der Waals surface area contributed by atoms with Crippen LogP contribution in [0.3, 0.4) is 0 Å². The van der Waals surface area contributed by atoms with Crippen molar-refractivity contribution in [2.75, 3.05) is 0 Å². The molecule has 0 aromatic heterocycles. The van der Waals surface area contributed by atoms with Crippen molar-refractivity contribution in [2.24, 2.45) is 0 Å². The Morgan fingerprint density at radius 3 is 2.73 bits per heavy atom. The van der Waals surface area contributed by atoms with Crippen molar-refractivity contribution in [2.45, 2.75) is 22.7 Å². The second-order valence-corrected chi connectivity index (χ2v) is 4.64. The molecule has 1 aliphatic rings. The molecule has 0 fully saturated rings. The lowest BCUT2D eigenvalue weighted by Crippen LogP contribution is -2.36. The van der Waals surface area contributed by atoms with Gasteiger partial charge in [-0.1, -0.05) is 6.07 Å². The maximum atomic E-state index is 13.4. The van der Waals surface area contributed by atoms with E-state index in [2.05, 4.69) is 0 Å². The molecule has 2 rings (SSSR count). The summed E-state index contributed by atoms with van der Waals surface area (Å²) in [5.74, 6) is 0. The van der Waals surface area contributed by atoms with Gasteiger partial charge in [-0.3, -0.25) is 0 Å². The normalized spacial score (nSPS) is 27.1. The highest BCUT2D eigenvalue weighted by Gasteiger charge is 2.58. The molecule has 0 saturated heterocycles. The molecule has 0 amide bonds. The molecule has 1 atom stereocenters. The first-order chi connectivity index (χ1) is 6.90. The second-order valence-electron chi connectivity index (χ2n) is 3.48. The summed E-state index contributed by atoms with van der Waals surface area (Å²) in [4.78, 5) is 0.268. The lowest BCUT2D eigenvalue weighted by molar-refractivity contribution is -0.110. The summed E-state index contributed by atoms with van der Waals surface area (Å²) in [6, 6.07) is 6.25. The second kappa shape index (κ2) is 2.94. The Labute approximate surface area is 89.5 Å². The van der Waals surface area contributed by atoms with Crippen molar-refractivity contribution >= 4 is 11.8 Å². The number of rotatable bonds is 0. The smallest absolute Gasteiger partial charge is 0.330 e. The van der Waals surface area contributed by atoms with Crippen LogP contribution in [0.1, 0.15) is 18.1 Å². The van der Waals surface area contributed by atoms with Crippen LogP contribution in [0, 0.1) is 11.3 Å². The number of hydrogen-bond acceptors (Lipinski definition) is 3. The number of benzene rings is 1. The topological polar surface area (TPSA) is 44.0 Å². The maximum absolute atomic E-state index is 13.4. The van der Waals surface area contributed by atoms with Gasteiger partial charge in [-0.15, -0.1) is 0 Å². The number of thioether (sulfide) groups is 1. The Kier molecular flexibility index (Phi) is 2.04. The van der Waals surface area contributed by atoms with Gasteiger partial charge in [0, 0.05) is 10.5 Å². The van der Waals surface area contributed by atoms with Gasteiger partial charge in [0.1, 0.15) is 0 Å². The van der Waals surface area contributed by atoms with Crippen molar-refractivity contribution in [3.8, 4) is 6.07 Å². The Bertz CT molecular complexity index is 465. The van der Waals surface area contributed by atoms with Crippen LogP contribution < -0.4 is 0 Å². The van der Waals surface area contributed by atoms with E-state index in [1.54, 1.807) is 0 Å². The molecule has 1 N–H and O–H groups in total. The van der Waals surface area contributed by atoms with Crippen LogP contribution in [0.25, 0.3) is 0 Å². The molecule has 1 heterocycles. The Balaban J connectivity index is 2.72. The van der Waals surface area contributed by atoms with Crippen LogP contribution in [0.15, 0.2) is 23.1 Å². The van der Waals surface area contributed by atoms with Crippen LogP contribution >= 0.6 is 11.8 Å². The van der Waals surface area contributed by atoms with E-state index in [-0.39, 0.29) is 16.0 Å². The van der Waals surface area contributed by atoms with Gasteiger partial charge in [-0.2, -0.15) is 14.0 Å². The molecule has 15 heavy (non-hydrogen) atoms. The van der Waals surface area contributed by atoms with Gasteiger partial charge in [0.15, 0.2) is 5.60 Å². The minimum Gasteiger partial charge on any atom is -0.378 e. The third-order valence-electron chi connectivity index (χ3n) is 2.44. The van der Waals surface area contributed by atoms with Crippen molar-refractivity contribution in [1.29, 1.82) is 5.26 Å². The summed E-state index contributed by atoms with van der Waals surface area (Å²) in [5.41, 5.74) is -2.15. The number of hydrogen-bond donors (Lipinski definition) is 1. The first kappa shape index (κ1) is 10.4. The fourth-order valence-electron chi connectivity index (χ4n) is 1.59. The zero-order valence-corrected chi connectivity index (χ0v) is 8.61. The number of nitriles is 1. The predicted molar refractivity (Wildman–Crippen MR) is 51.5 cm³/mol. The van der Waals surface area contributed by atoms with Gasteiger partial charge < -0.3 is 5.11 Å². The molecule has 78 valence electrons. The van der Waals surface area contributed by atoms with E-state index >= 15 is 0 Å². The van der Waals surface area contributed by atoms with Gasteiger partial charge in [-0.25, -0.2) is 0 Å². The monoisotopic (exact) mass is 227 g/mol. The van der Waals surface area contributed by atoms with E-state index < -0.39 is 10.9 Å². The van der Waals surface area contributed by atoms with E-state index in [0.29, 0.717) is 11.8 Å². The third kappa shape index (κ3) is 1.25. The molecular weight excluding hydrogens is 220 g/mol. The SMILES string of the molecule is CC1(O)c2c(C#N)cccc2SC1(F)F. The lowest BCUT2D eigenvalue weighted by atomic mass is 9.92. The van der Waals surface area contributed by atoms with Crippen LogP contribution in [-0.2, 0) is 5.60 Å². The summed E-state index contributed by atoms with van der Waals surface area (Å²) >= 11 is 0.295. The van der Waals surface area contributed by atoms with E-state index in [1.165, 1.54) is 18.2 Å².